The van der Waals surface area contributed by atoms with Crippen LogP contribution in [0.1, 0.15) is 16.7 Å². The van der Waals surface area contributed by atoms with E-state index >= 15 is 0 Å². The van der Waals surface area contributed by atoms with Gasteiger partial charge in [0.25, 0.3) is 5.56 Å². The summed E-state index contributed by atoms with van der Waals surface area (Å²) in [4.78, 5) is 20.0. The number of rotatable bonds is 6. The number of aryl methyl sites for hydroxylation is 1. The minimum atomic E-state index is -4.01. The summed E-state index contributed by atoms with van der Waals surface area (Å²) in [5.74, 6) is 1.14. The molecule has 4 aromatic rings. The van der Waals surface area contributed by atoms with Crippen LogP contribution in [0.2, 0.25) is 5.02 Å². The number of fused-ring (bicyclic) bond motifs is 2. The summed E-state index contributed by atoms with van der Waals surface area (Å²) in [6.07, 6.45) is 3.21. The molecule has 0 amide bonds. The summed E-state index contributed by atoms with van der Waals surface area (Å²) in [6.45, 7) is 2.46. The molecule has 2 aromatic heterocycles. The third-order valence-electron chi connectivity index (χ3n) is 5.78. The van der Waals surface area contributed by atoms with Gasteiger partial charge in [-0.1, -0.05) is 23.7 Å². The van der Waals surface area contributed by atoms with Gasteiger partial charge in [-0.25, -0.2) is 8.42 Å². The van der Waals surface area contributed by atoms with Crippen molar-refractivity contribution in [3.8, 4) is 11.5 Å². The number of hydrogen-bond acceptors (Lipinski definition) is 6. The summed E-state index contributed by atoms with van der Waals surface area (Å²) >= 11 is 6.13. The van der Waals surface area contributed by atoms with Crippen LogP contribution in [0.5, 0.6) is 11.5 Å². The van der Waals surface area contributed by atoms with E-state index in [1.165, 1.54) is 10.4 Å². The standard InChI is InChI=1S/C25H22ClN3O5S/c1-16-4-5-20(26)11-24(16)35(31,32)29(14-17-3-2-6-27-13-17)15-19-9-18-10-22-23(34-8-7-33-22)12-21(18)28-25(19)30/h2-6,9-13H,7-8,14-15H2,1H3,(H,28,30). The van der Waals surface area contributed by atoms with Crippen molar-refractivity contribution in [2.24, 2.45) is 0 Å². The molecule has 0 spiro atoms. The maximum atomic E-state index is 13.8. The quantitative estimate of drug-likeness (QED) is 0.419. The number of halogens is 1. The van der Waals surface area contributed by atoms with Gasteiger partial charge in [0.2, 0.25) is 10.0 Å². The average Bonchev–Trinajstić information content (AvgIpc) is 2.85. The zero-order valence-corrected chi connectivity index (χ0v) is 20.4. The highest BCUT2D eigenvalue weighted by Gasteiger charge is 2.28. The molecule has 180 valence electrons. The smallest absolute Gasteiger partial charge is 0.252 e. The fourth-order valence-corrected chi connectivity index (χ4v) is 5.90. The highest BCUT2D eigenvalue weighted by molar-refractivity contribution is 7.89. The van der Waals surface area contributed by atoms with Crippen LogP contribution < -0.4 is 15.0 Å². The molecule has 1 N–H and O–H groups in total. The van der Waals surface area contributed by atoms with Crippen LogP contribution in [0.15, 0.2) is 70.6 Å². The number of sulfonamides is 1. The Morgan fingerprint density at radius 1 is 1.06 bits per heavy atom. The number of ether oxygens (including phenoxy) is 2. The van der Waals surface area contributed by atoms with Crippen LogP contribution in [0, 0.1) is 6.92 Å². The van der Waals surface area contributed by atoms with Gasteiger partial charge in [-0.3, -0.25) is 9.78 Å². The molecular weight excluding hydrogens is 490 g/mol. The first-order chi connectivity index (χ1) is 16.8. The van der Waals surface area contributed by atoms with E-state index in [9.17, 15) is 13.2 Å². The van der Waals surface area contributed by atoms with Crippen molar-refractivity contribution in [1.82, 2.24) is 14.3 Å². The van der Waals surface area contributed by atoms with E-state index in [1.54, 1.807) is 61.8 Å². The SMILES string of the molecule is Cc1ccc(Cl)cc1S(=O)(=O)N(Cc1cccnc1)Cc1cc2cc3c(cc2[nH]c1=O)OCCO3. The first-order valence-electron chi connectivity index (χ1n) is 10.9. The Bertz CT molecular complexity index is 1570. The number of pyridine rings is 2. The summed E-state index contributed by atoms with van der Waals surface area (Å²) in [5.41, 5.74) is 1.73. The molecule has 0 unspecified atom stereocenters. The van der Waals surface area contributed by atoms with Crippen LogP contribution in [-0.2, 0) is 23.1 Å². The fourth-order valence-electron chi connectivity index (χ4n) is 4.01. The predicted molar refractivity (Wildman–Crippen MR) is 132 cm³/mol. The average molecular weight is 512 g/mol. The van der Waals surface area contributed by atoms with Gasteiger partial charge in [0.05, 0.1) is 10.4 Å². The number of hydrogen-bond donors (Lipinski definition) is 1. The second-order valence-corrected chi connectivity index (χ2v) is 10.6. The predicted octanol–water partition coefficient (Wildman–Crippen LogP) is 4.05. The maximum Gasteiger partial charge on any atom is 0.252 e. The number of aromatic amines is 1. The van der Waals surface area contributed by atoms with Gasteiger partial charge in [0.15, 0.2) is 11.5 Å². The third kappa shape index (κ3) is 4.75. The van der Waals surface area contributed by atoms with Gasteiger partial charge in [-0.2, -0.15) is 4.31 Å². The topological polar surface area (TPSA) is 102 Å². The number of nitrogens with one attached hydrogen (secondary N) is 1. The summed E-state index contributed by atoms with van der Waals surface area (Å²) < 4.78 is 40.1. The molecule has 0 radical (unpaired) electrons. The Labute approximate surface area is 207 Å². The van der Waals surface area contributed by atoms with Gasteiger partial charge in [0, 0.05) is 47.5 Å². The summed E-state index contributed by atoms with van der Waals surface area (Å²) in [5, 5.41) is 1.02. The van der Waals surface area contributed by atoms with E-state index in [2.05, 4.69) is 9.97 Å². The first-order valence-corrected chi connectivity index (χ1v) is 12.7. The van der Waals surface area contributed by atoms with Crippen molar-refractivity contribution in [3.63, 3.8) is 0 Å². The second kappa shape index (κ2) is 9.33. The molecule has 1 aliphatic rings. The lowest BCUT2D eigenvalue weighted by molar-refractivity contribution is 0.172. The van der Waals surface area contributed by atoms with E-state index < -0.39 is 10.0 Å². The van der Waals surface area contributed by atoms with Crippen LogP contribution in [0.25, 0.3) is 10.9 Å². The van der Waals surface area contributed by atoms with Crippen LogP contribution in [0.3, 0.4) is 0 Å². The van der Waals surface area contributed by atoms with Crippen LogP contribution in [-0.4, -0.2) is 35.9 Å². The van der Waals surface area contributed by atoms with Gasteiger partial charge >= 0.3 is 0 Å². The molecule has 0 aliphatic carbocycles. The fraction of sp³-hybridized carbons (Fsp3) is 0.200. The monoisotopic (exact) mass is 511 g/mol. The number of benzene rings is 2. The minimum absolute atomic E-state index is 0.0285. The normalized spacial score (nSPS) is 13.3. The molecule has 0 bridgehead atoms. The molecule has 0 atom stereocenters. The molecule has 3 heterocycles. The second-order valence-electron chi connectivity index (χ2n) is 8.25. The molecule has 8 nitrogen and oxygen atoms in total. The van der Waals surface area contributed by atoms with Gasteiger partial charge < -0.3 is 14.5 Å². The molecule has 2 aromatic carbocycles. The molecule has 0 saturated carbocycles. The molecular formula is C25H22ClN3O5S. The maximum absolute atomic E-state index is 13.8. The molecule has 35 heavy (non-hydrogen) atoms. The van der Waals surface area contributed by atoms with Crippen LogP contribution in [0.4, 0.5) is 0 Å². The van der Waals surface area contributed by atoms with Crippen molar-refractivity contribution >= 4 is 32.5 Å². The van der Waals surface area contributed by atoms with Crippen molar-refractivity contribution < 1.29 is 17.9 Å². The van der Waals surface area contributed by atoms with E-state index in [0.29, 0.717) is 57.3 Å². The first kappa shape index (κ1) is 23.3. The number of aromatic nitrogens is 2. The molecule has 10 heteroatoms. The number of nitrogens with zero attached hydrogens (tertiary/aromatic N) is 2. The van der Waals surface area contributed by atoms with E-state index in [-0.39, 0.29) is 23.5 Å². The summed E-state index contributed by atoms with van der Waals surface area (Å²) in [6, 6.07) is 13.4. The minimum Gasteiger partial charge on any atom is -0.486 e. The highest BCUT2D eigenvalue weighted by Crippen LogP contribution is 2.34. The van der Waals surface area contributed by atoms with Crippen LogP contribution >= 0.6 is 11.6 Å². The van der Waals surface area contributed by atoms with Gasteiger partial charge in [-0.05, 0) is 48.4 Å². The zero-order chi connectivity index (χ0) is 24.6. The Morgan fingerprint density at radius 3 is 2.57 bits per heavy atom. The Morgan fingerprint density at radius 2 is 1.83 bits per heavy atom. The lowest BCUT2D eigenvalue weighted by Crippen LogP contribution is -2.33. The van der Waals surface area contributed by atoms with E-state index in [0.717, 1.165) is 0 Å². The lowest BCUT2D eigenvalue weighted by atomic mass is 10.1. The van der Waals surface area contributed by atoms with Crippen molar-refractivity contribution in [3.05, 3.63) is 93.0 Å². The molecule has 0 fully saturated rings. The van der Waals surface area contributed by atoms with E-state index in [4.69, 9.17) is 21.1 Å². The zero-order valence-electron chi connectivity index (χ0n) is 18.8. The lowest BCUT2D eigenvalue weighted by Gasteiger charge is -2.23. The summed E-state index contributed by atoms with van der Waals surface area (Å²) in [7, 11) is -4.01. The Hall–Kier alpha value is -3.40. The number of H-pyrrole nitrogens is 1. The highest BCUT2D eigenvalue weighted by atomic mass is 35.5. The third-order valence-corrected chi connectivity index (χ3v) is 7.95. The largest absolute Gasteiger partial charge is 0.486 e. The van der Waals surface area contributed by atoms with Crippen molar-refractivity contribution in [2.45, 2.75) is 24.9 Å². The van der Waals surface area contributed by atoms with Crippen molar-refractivity contribution in [2.75, 3.05) is 13.2 Å². The molecule has 5 rings (SSSR count). The Kier molecular flexibility index (Phi) is 6.22. The molecule has 0 saturated heterocycles. The Balaban J connectivity index is 1.58. The molecule has 1 aliphatic heterocycles. The van der Waals surface area contributed by atoms with Gasteiger partial charge in [-0.15, -0.1) is 0 Å². The van der Waals surface area contributed by atoms with Gasteiger partial charge in [0.1, 0.15) is 13.2 Å². The van der Waals surface area contributed by atoms with E-state index in [1.807, 2.05) is 0 Å². The van der Waals surface area contributed by atoms with Crippen molar-refractivity contribution in [1.29, 1.82) is 0 Å².